The molecule has 2 aromatic rings. The lowest BCUT2D eigenvalue weighted by atomic mass is 10.3. The second-order valence-corrected chi connectivity index (χ2v) is 6.58. The minimum Gasteiger partial charge on any atom is -0.321 e. The number of benzene rings is 2. The van der Waals surface area contributed by atoms with Gasteiger partial charge in [-0.2, -0.15) is 0 Å². The van der Waals surface area contributed by atoms with Crippen molar-refractivity contribution in [2.45, 2.75) is 4.90 Å². The Bertz CT molecular complexity index is 844. The van der Waals surface area contributed by atoms with E-state index in [9.17, 15) is 22.0 Å². The van der Waals surface area contributed by atoms with Crippen molar-refractivity contribution in [2.75, 3.05) is 11.9 Å². The Morgan fingerprint density at radius 1 is 1.12 bits per heavy atom. The topological polar surface area (TPSA) is 84.5 Å². The van der Waals surface area contributed by atoms with Crippen LogP contribution in [0.5, 0.6) is 0 Å². The van der Waals surface area contributed by atoms with Crippen LogP contribution in [0.4, 0.5) is 14.5 Å². The van der Waals surface area contributed by atoms with E-state index in [0.29, 0.717) is 0 Å². The van der Waals surface area contributed by atoms with Crippen LogP contribution >= 0.6 is 11.6 Å². The van der Waals surface area contributed by atoms with Crippen molar-refractivity contribution in [1.29, 1.82) is 0 Å². The highest BCUT2D eigenvalue weighted by molar-refractivity contribution is 7.89. The summed E-state index contributed by atoms with van der Waals surface area (Å²) in [5.41, 5.74) is -0.130. The van der Waals surface area contributed by atoms with Gasteiger partial charge >= 0.3 is 0 Å². The average Bonchev–Trinajstić information content (AvgIpc) is 2.50. The van der Waals surface area contributed by atoms with Gasteiger partial charge in [0.1, 0.15) is 18.2 Å². The van der Waals surface area contributed by atoms with Gasteiger partial charge in [0.15, 0.2) is 0 Å². The van der Waals surface area contributed by atoms with Crippen molar-refractivity contribution >= 4 is 33.2 Å². The van der Waals surface area contributed by atoms with Crippen molar-refractivity contribution in [3.63, 3.8) is 0 Å². The number of hydrogen-bond acceptors (Lipinski definition) is 4. The first kappa shape index (κ1) is 18.3. The van der Waals surface area contributed by atoms with Gasteiger partial charge in [0.05, 0.1) is 10.6 Å². The monoisotopic (exact) mass is 376 g/mol. The molecule has 24 heavy (non-hydrogen) atoms. The number of hydrogen-bond donors (Lipinski definition) is 2. The second-order valence-electron chi connectivity index (χ2n) is 4.50. The third-order valence-corrected chi connectivity index (χ3v) is 4.17. The summed E-state index contributed by atoms with van der Waals surface area (Å²) >= 11 is 5.58. The lowest BCUT2D eigenvalue weighted by Crippen LogP contribution is -2.29. The largest absolute Gasteiger partial charge is 0.321 e. The van der Waals surface area contributed by atoms with Crippen molar-refractivity contribution in [3.05, 3.63) is 59.1 Å². The lowest BCUT2D eigenvalue weighted by Gasteiger charge is -2.08. The normalized spacial score (nSPS) is 11.3. The van der Waals surface area contributed by atoms with Gasteiger partial charge in [-0.05, 0) is 42.5 Å². The highest BCUT2D eigenvalue weighted by atomic mass is 35.5. The molecule has 1 amide bonds. The number of sulfonamides is 1. The molecule has 128 valence electrons. The Morgan fingerprint density at radius 2 is 1.79 bits per heavy atom. The van der Waals surface area contributed by atoms with E-state index in [4.69, 9.17) is 11.6 Å². The van der Waals surface area contributed by atoms with E-state index in [1.807, 2.05) is 0 Å². The number of amides is 1. The molecule has 6 nitrogen and oxygen atoms in total. The summed E-state index contributed by atoms with van der Waals surface area (Å²) in [6, 6.07) is 7.62. The summed E-state index contributed by atoms with van der Waals surface area (Å²) in [7, 11) is -4.07. The van der Waals surface area contributed by atoms with E-state index in [2.05, 4.69) is 10.2 Å². The van der Waals surface area contributed by atoms with Gasteiger partial charge in [-0.15, -0.1) is 0 Å². The molecular weight excluding hydrogens is 366 g/mol. The highest BCUT2D eigenvalue weighted by Gasteiger charge is 2.15. The van der Waals surface area contributed by atoms with E-state index in [0.717, 1.165) is 30.3 Å². The Balaban J connectivity index is 1.89. The Labute approximate surface area is 141 Å². The number of nitrogens with one attached hydrogen (secondary N) is 2. The summed E-state index contributed by atoms with van der Waals surface area (Å²) < 4.78 is 49.9. The predicted molar refractivity (Wildman–Crippen MR) is 82.7 cm³/mol. The van der Waals surface area contributed by atoms with Crippen LogP contribution in [0.3, 0.4) is 0 Å². The molecule has 2 aromatic carbocycles. The summed E-state index contributed by atoms with van der Waals surface area (Å²) in [6.07, 6.45) is 0. The summed E-state index contributed by atoms with van der Waals surface area (Å²) in [6.45, 7) is -0.706. The summed E-state index contributed by atoms with van der Waals surface area (Å²) in [5, 5.41) is 2.35. The molecule has 0 heterocycles. The molecule has 0 bridgehead atoms. The van der Waals surface area contributed by atoms with Crippen molar-refractivity contribution in [3.8, 4) is 0 Å². The van der Waals surface area contributed by atoms with E-state index in [-0.39, 0.29) is 15.6 Å². The zero-order chi connectivity index (χ0) is 17.7. The first-order valence-corrected chi connectivity index (χ1v) is 8.28. The first-order valence-electron chi connectivity index (χ1n) is 6.42. The van der Waals surface area contributed by atoms with Crippen LogP contribution in [0.15, 0.2) is 47.4 Å². The smallest absolute Gasteiger partial charge is 0.262 e. The van der Waals surface area contributed by atoms with Crippen LogP contribution in [0.2, 0.25) is 5.02 Å². The third kappa shape index (κ3) is 4.96. The van der Waals surface area contributed by atoms with E-state index in [1.54, 1.807) is 4.89 Å². The van der Waals surface area contributed by atoms with Crippen LogP contribution in [-0.4, -0.2) is 20.9 Å². The fourth-order valence-electron chi connectivity index (χ4n) is 1.61. The van der Waals surface area contributed by atoms with Gasteiger partial charge < -0.3 is 5.32 Å². The van der Waals surface area contributed by atoms with Crippen molar-refractivity contribution in [1.82, 2.24) is 4.89 Å². The predicted octanol–water partition coefficient (Wildman–Crippen LogP) is 2.47. The number of carbonyl (C=O) groups excluding carboxylic acids is 1. The molecule has 0 fully saturated rings. The van der Waals surface area contributed by atoms with Crippen LogP contribution in [-0.2, 0) is 19.7 Å². The van der Waals surface area contributed by atoms with Crippen LogP contribution in [0.1, 0.15) is 0 Å². The zero-order valence-corrected chi connectivity index (χ0v) is 13.5. The quantitative estimate of drug-likeness (QED) is 0.758. The molecule has 0 aliphatic carbocycles. The minimum atomic E-state index is -4.07. The molecule has 0 aliphatic heterocycles. The second kappa shape index (κ2) is 7.67. The molecule has 0 unspecified atom stereocenters. The molecule has 0 aromatic heterocycles. The number of halogens is 3. The summed E-state index contributed by atoms with van der Waals surface area (Å²) in [5.74, 6) is -2.14. The Morgan fingerprint density at radius 3 is 2.42 bits per heavy atom. The maximum atomic E-state index is 13.5. The number of carbonyl (C=O) groups is 1. The molecule has 2 N–H and O–H groups in total. The SMILES string of the molecule is O=C(CONS(=O)(=O)c1ccc(F)cc1)Nc1ccc(Cl)cc1F. The van der Waals surface area contributed by atoms with Gasteiger partial charge in [-0.3, -0.25) is 9.63 Å². The molecule has 0 spiro atoms. The van der Waals surface area contributed by atoms with Gasteiger partial charge in [0.25, 0.3) is 15.9 Å². The molecule has 0 saturated heterocycles. The molecule has 0 radical (unpaired) electrons. The van der Waals surface area contributed by atoms with E-state index in [1.165, 1.54) is 12.1 Å². The fourth-order valence-corrected chi connectivity index (χ4v) is 2.58. The Hall–Kier alpha value is -2.07. The zero-order valence-electron chi connectivity index (χ0n) is 11.9. The Kier molecular flexibility index (Phi) is 5.84. The first-order chi connectivity index (χ1) is 11.3. The summed E-state index contributed by atoms with van der Waals surface area (Å²) in [4.78, 5) is 17.7. The maximum Gasteiger partial charge on any atom is 0.262 e. The van der Waals surface area contributed by atoms with Gasteiger partial charge in [-0.25, -0.2) is 17.2 Å². The average molecular weight is 377 g/mol. The lowest BCUT2D eigenvalue weighted by molar-refractivity contribution is -0.121. The van der Waals surface area contributed by atoms with Crippen LogP contribution < -0.4 is 10.2 Å². The van der Waals surface area contributed by atoms with E-state index >= 15 is 0 Å². The molecule has 0 saturated carbocycles. The van der Waals surface area contributed by atoms with Crippen LogP contribution in [0, 0.1) is 11.6 Å². The van der Waals surface area contributed by atoms with Gasteiger partial charge in [0, 0.05) is 5.02 Å². The van der Waals surface area contributed by atoms with Gasteiger partial charge in [-0.1, -0.05) is 16.5 Å². The number of rotatable bonds is 6. The third-order valence-electron chi connectivity index (χ3n) is 2.70. The fraction of sp³-hybridized carbons (Fsp3) is 0.0714. The maximum absolute atomic E-state index is 13.5. The standard InChI is InChI=1S/C14H11ClF2N2O4S/c15-9-1-6-13(12(17)7-9)18-14(20)8-23-19-24(21,22)11-4-2-10(16)3-5-11/h1-7,19H,8H2,(H,18,20). The molecule has 0 atom stereocenters. The van der Waals surface area contributed by atoms with Crippen molar-refractivity contribution < 1.29 is 26.8 Å². The molecule has 0 aliphatic rings. The molecule has 10 heteroatoms. The molecular formula is C14H11ClF2N2O4S. The number of anilines is 1. The van der Waals surface area contributed by atoms with Gasteiger partial charge in [0.2, 0.25) is 0 Å². The van der Waals surface area contributed by atoms with Crippen LogP contribution in [0.25, 0.3) is 0 Å². The van der Waals surface area contributed by atoms with Crippen molar-refractivity contribution in [2.24, 2.45) is 0 Å². The molecule has 2 rings (SSSR count). The highest BCUT2D eigenvalue weighted by Crippen LogP contribution is 2.18. The minimum absolute atomic E-state index is 0.130. The van der Waals surface area contributed by atoms with E-state index < -0.39 is 34.2 Å².